The van der Waals surface area contributed by atoms with Crippen molar-refractivity contribution in [3.05, 3.63) is 0 Å². The smallest absolute Gasteiger partial charge is 0.0664 e. The monoisotopic (exact) mass is 169 g/mol. The summed E-state index contributed by atoms with van der Waals surface area (Å²) >= 11 is 0. The van der Waals surface area contributed by atoms with Gasteiger partial charge in [-0.2, -0.15) is 0 Å². The highest BCUT2D eigenvalue weighted by Gasteiger charge is 2.48. The molecule has 2 heteroatoms. The van der Waals surface area contributed by atoms with Crippen LogP contribution in [0.15, 0.2) is 0 Å². The van der Waals surface area contributed by atoms with E-state index in [-0.39, 0.29) is 6.10 Å². The molecule has 1 aliphatic heterocycles. The summed E-state index contributed by atoms with van der Waals surface area (Å²) in [5, 5.41) is 9.50. The van der Waals surface area contributed by atoms with Crippen LogP contribution in [0, 0.1) is 0 Å². The summed E-state index contributed by atoms with van der Waals surface area (Å²) in [6.45, 7) is 4.19. The summed E-state index contributed by atoms with van der Waals surface area (Å²) in [5.74, 6) is 0. The van der Waals surface area contributed by atoms with Crippen molar-refractivity contribution in [2.45, 2.75) is 50.7 Å². The molecular weight excluding hydrogens is 150 g/mol. The van der Waals surface area contributed by atoms with Crippen LogP contribution in [0.2, 0.25) is 0 Å². The van der Waals surface area contributed by atoms with Crippen molar-refractivity contribution in [1.82, 2.24) is 4.90 Å². The Balaban J connectivity index is 1.81. The van der Waals surface area contributed by atoms with Crippen LogP contribution in [-0.4, -0.2) is 34.7 Å². The Kier molecular flexibility index (Phi) is 2.13. The van der Waals surface area contributed by atoms with Gasteiger partial charge in [-0.1, -0.05) is 6.92 Å². The Hall–Kier alpha value is -0.0800. The molecule has 2 rings (SSSR count). The van der Waals surface area contributed by atoms with E-state index in [9.17, 15) is 5.11 Å². The van der Waals surface area contributed by atoms with E-state index in [0.29, 0.717) is 5.54 Å². The van der Waals surface area contributed by atoms with Crippen molar-refractivity contribution in [2.75, 3.05) is 13.1 Å². The first-order valence-corrected chi connectivity index (χ1v) is 5.20. The fourth-order valence-corrected chi connectivity index (χ4v) is 2.41. The third-order valence-corrected chi connectivity index (χ3v) is 3.70. The summed E-state index contributed by atoms with van der Waals surface area (Å²) in [6.07, 6.45) is 6.34. The fraction of sp³-hybridized carbons (Fsp3) is 1.00. The largest absolute Gasteiger partial charge is 0.392 e. The normalized spacial score (nSPS) is 29.5. The van der Waals surface area contributed by atoms with E-state index in [1.54, 1.807) is 0 Å². The van der Waals surface area contributed by atoms with Crippen molar-refractivity contribution >= 4 is 0 Å². The molecule has 1 aliphatic carbocycles. The molecule has 0 bridgehead atoms. The van der Waals surface area contributed by atoms with Crippen LogP contribution >= 0.6 is 0 Å². The van der Waals surface area contributed by atoms with Gasteiger partial charge in [-0.05, 0) is 32.1 Å². The first kappa shape index (κ1) is 8.52. The molecule has 2 aliphatic rings. The number of rotatable bonds is 3. The molecule has 1 atom stereocenters. The van der Waals surface area contributed by atoms with Gasteiger partial charge in [0.2, 0.25) is 0 Å². The van der Waals surface area contributed by atoms with Crippen molar-refractivity contribution in [2.24, 2.45) is 0 Å². The second kappa shape index (κ2) is 3.00. The zero-order valence-corrected chi connectivity index (χ0v) is 7.92. The third-order valence-electron chi connectivity index (χ3n) is 3.70. The Morgan fingerprint density at radius 1 is 1.42 bits per heavy atom. The quantitative estimate of drug-likeness (QED) is 0.690. The Labute approximate surface area is 74.6 Å². The molecule has 70 valence electrons. The number of nitrogens with zero attached hydrogens (tertiary/aromatic N) is 1. The summed E-state index contributed by atoms with van der Waals surface area (Å²) < 4.78 is 0. The molecule has 1 saturated heterocycles. The SMILES string of the molecule is CCC(O)CN1CCC12CCC2. The van der Waals surface area contributed by atoms with E-state index in [4.69, 9.17) is 0 Å². The van der Waals surface area contributed by atoms with Crippen LogP contribution in [0.5, 0.6) is 0 Å². The Morgan fingerprint density at radius 2 is 2.17 bits per heavy atom. The van der Waals surface area contributed by atoms with Crippen LogP contribution in [-0.2, 0) is 0 Å². The van der Waals surface area contributed by atoms with Crippen molar-refractivity contribution in [1.29, 1.82) is 0 Å². The highest BCUT2D eigenvalue weighted by atomic mass is 16.3. The second-order valence-corrected chi connectivity index (χ2v) is 4.34. The minimum Gasteiger partial charge on any atom is -0.392 e. The molecule has 2 fully saturated rings. The van der Waals surface area contributed by atoms with Crippen molar-refractivity contribution in [3.63, 3.8) is 0 Å². The zero-order valence-electron chi connectivity index (χ0n) is 7.92. The average molecular weight is 169 g/mol. The fourth-order valence-electron chi connectivity index (χ4n) is 2.41. The van der Waals surface area contributed by atoms with Gasteiger partial charge in [-0.25, -0.2) is 0 Å². The molecule has 1 spiro atoms. The zero-order chi connectivity index (χ0) is 8.60. The Bertz CT molecular complexity index is 160. The standard InChI is InChI=1S/C10H19NO/c1-2-9(12)8-11-7-6-10(11)4-3-5-10/h9,12H,2-8H2,1H3. The minimum atomic E-state index is -0.0947. The molecule has 0 radical (unpaired) electrons. The van der Waals surface area contributed by atoms with Gasteiger partial charge in [-0.15, -0.1) is 0 Å². The first-order chi connectivity index (χ1) is 5.77. The number of hydrogen-bond acceptors (Lipinski definition) is 2. The van der Waals surface area contributed by atoms with E-state index >= 15 is 0 Å². The van der Waals surface area contributed by atoms with E-state index in [1.165, 1.54) is 32.2 Å². The van der Waals surface area contributed by atoms with Crippen LogP contribution in [0.1, 0.15) is 39.0 Å². The Morgan fingerprint density at radius 3 is 2.50 bits per heavy atom. The minimum absolute atomic E-state index is 0.0947. The maximum atomic E-state index is 9.50. The number of aliphatic hydroxyl groups is 1. The van der Waals surface area contributed by atoms with Gasteiger partial charge in [0.15, 0.2) is 0 Å². The van der Waals surface area contributed by atoms with Gasteiger partial charge in [0.05, 0.1) is 6.10 Å². The van der Waals surface area contributed by atoms with Crippen LogP contribution < -0.4 is 0 Å². The molecule has 1 unspecified atom stereocenters. The average Bonchev–Trinajstić information content (AvgIpc) is 1.94. The molecule has 0 amide bonds. The number of likely N-dealkylation sites (tertiary alicyclic amines) is 1. The number of β-amino-alcohol motifs (C(OH)–C–C–N with tert-alkyl or cyclic N) is 1. The van der Waals surface area contributed by atoms with Gasteiger partial charge >= 0.3 is 0 Å². The summed E-state index contributed by atoms with van der Waals surface area (Å²) in [6, 6.07) is 0. The maximum Gasteiger partial charge on any atom is 0.0664 e. The second-order valence-electron chi connectivity index (χ2n) is 4.34. The highest BCUT2D eigenvalue weighted by molar-refractivity contribution is 5.05. The lowest BCUT2D eigenvalue weighted by molar-refractivity contribution is -0.0919. The lowest BCUT2D eigenvalue weighted by atomic mass is 9.68. The molecule has 1 heterocycles. The summed E-state index contributed by atoms with van der Waals surface area (Å²) in [7, 11) is 0. The van der Waals surface area contributed by atoms with E-state index in [1.807, 2.05) is 0 Å². The van der Waals surface area contributed by atoms with Gasteiger partial charge in [-0.3, -0.25) is 4.90 Å². The van der Waals surface area contributed by atoms with Crippen molar-refractivity contribution < 1.29 is 5.11 Å². The van der Waals surface area contributed by atoms with E-state index in [0.717, 1.165) is 13.0 Å². The third kappa shape index (κ3) is 1.17. The number of aliphatic hydroxyl groups excluding tert-OH is 1. The molecule has 1 N–H and O–H groups in total. The lowest BCUT2D eigenvalue weighted by Crippen LogP contribution is -2.65. The molecular formula is C10H19NO. The van der Waals surface area contributed by atoms with E-state index < -0.39 is 0 Å². The molecule has 1 saturated carbocycles. The molecule has 2 nitrogen and oxygen atoms in total. The summed E-state index contributed by atoms with van der Waals surface area (Å²) in [5.41, 5.74) is 0.566. The molecule has 0 aromatic carbocycles. The maximum absolute atomic E-state index is 9.50. The predicted octanol–water partition coefficient (Wildman–Crippen LogP) is 1.39. The first-order valence-electron chi connectivity index (χ1n) is 5.20. The van der Waals surface area contributed by atoms with Crippen molar-refractivity contribution in [3.8, 4) is 0 Å². The topological polar surface area (TPSA) is 23.5 Å². The molecule has 12 heavy (non-hydrogen) atoms. The van der Waals surface area contributed by atoms with Crippen LogP contribution in [0.3, 0.4) is 0 Å². The lowest BCUT2D eigenvalue weighted by Gasteiger charge is -2.59. The van der Waals surface area contributed by atoms with E-state index in [2.05, 4.69) is 11.8 Å². The molecule has 0 aromatic rings. The highest BCUT2D eigenvalue weighted by Crippen LogP contribution is 2.46. The predicted molar refractivity (Wildman–Crippen MR) is 49.1 cm³/mol. The van der Waals surface area contributed by atoms with Crippen LogP contribution in [0.25, 0.3) is 0 Å². The van der Waals surface area contributed by atoms with Crippen LogP contribution in [0.4, 0.5) is 0 Å². The van der Waals surface area contributed by atoms with Gasteiger partial charge < -0.3 is 5.11 Å². The van der Waals surface area contributed by atoms with Gasteiger partial charge in [0.25, 0.3) is 0 Å². The number of hydrogen-bond donors (Lipinski definition) is 1. The summed E-state index contributed by atoms with van der Waals surface area (Å²) in [4.78, 5) is 2.49. The van der Waals surface area contributed by atoms with Gasteiger partial charge in [0, 0.05) is 18.6 Å². The van der Waals surface area contributed by atoms with Gasteiger partial charge in [0.1, 0.15) is 0 Å². The molecule has 0 aromatic heterocycles.